The fraction of sp³-hybridized carbons (Fsp3) is 0.400. The molecule has 0 amide bonds. The summed E-state index contributed by atoms with van der Waals surface area (Å²) in [6.07, 6.45) is -0.465. The number of benzene rings is 1. The van der Waals surface area contributed by atoms with E-state index in [1.54, 1.807) is 6.92 Å². The zero-order valence-corrected chi connectivity index (χ0v) is 9.92. The Morgan fingerprint density at radius 1 is 1.50 bits per heavy atom. The molecule has 0 aliphatic carbocycles. The molecule has 0 spiro atoms. The quantitative estimate of drug-likeness (QED) is 0.812. The second-order valence-corrected chi connectivity index (χ2v) is 5.51. The summed E-state index contributed by atoms with van der Waals surface area (Å²) < 4.78 is 41.5. The van der Waals surface area contributed by atoms with E-state index in [-0.39, 0.29) is 16.3 Å². The van der Waals surface area contributed by atoms with Crippen LogP contribution >= 0.6 is 0 Å². The van der Waals surface area contributed by atoms with Gasteiger partial charge in [0.05, 0.1) is 22.4 Å². The third kappa shape index (κ3) is 2.93. The second-order valence-electron chi connectivity index (χ2n) is 3.51. The second kappa shape index (κ2) is 4.80. The molecule has 4 nitrogen and oxygen atoms in total. The number of nitrogen functional groups attached to an aromatic ring is 1. The van der Waals surface area contributed by atoms with Crippen LogP contribution in [0.2, 0.25) is 0 Å². The molecule has 2 N–H and O–H groups in total. The molecule has 6 heteroatoms. The topological polar surface area (TPSA) is 69.4 Å². The molecule has 0 fully saturated rings. The van der Waals surface area contributed by atoms with Crippen molar-refractivity contribution >= 4 is 15.5 Å². The highest BCUT2D eigenvalue weighted by Crippen LogP contribution is 2.21. The molecule has 1 aromatic carbocycles. The smallest absolute Gasteiger partial charge is 0.183 e. The average Bonchev–Trinajstić information content (AvgIpc) is 2.20. The number of hydrogen-bond acceptors (Lipinski definition) is 4. The lowest BCUT2D eigenvalue weighted by Crippen LogP contribution is -2.20. The van der Waals surface area contributed by atoms with Gasteiger partial charge in [-0.25, -0.2) is 12.8 Å². The van der Waals surface area contributed by atoms with Gasteiger partial charge in [0.15, 0.2) is 9.84 Å². The van der Waals surface area contributed by atoms with Crippen LogP contribution in [-0.2, 0) is 14.6 Å². The van der Waals surface area contributed by atoms with E-state index < -0.39 is 21.8 Å². The minimum absolute atomic E-state index is 0.0460. The van der Waals surface area contributed by atoms with Gasteiger partial charge in [0.1, 0.15) is 5.82 Å². The Kier molecular flexibility index (Phi) is 3.88. The third-order valence-electron chi connectivity index (χ3n) is 2.17. The molecule has 0 bridgehead atoms. The molecular formula is C10H14FNO3S. The van der Waals surface area contributed by atoms with E-state index >= 15 is 0 Å². The van der Waals surface area contributed by atoms with E-state index in [0.29, 0.717) is 0 Å². The van der Waals surface area contributed by atoms with Crippen molar-refractivity contribution in [2.24, 2.45) is 0 Å². The largest absolute Gasteiger partial charge is 0.398 e. The van der Waals surface area contributed by atoms with E-state index in [9.17, 15) is 12.8 Å². The van der Waals surface area contributed by atoms with Gasteiger partial charge in [-0.3, -0.25) is 0 Å². The lowest BCUT2D eigenvalue weighted by molar-refractivity contribution is 0.136. The van der Waals surface area contributed by atoms with Crippen molar-refractivity contribution in [3.05, 3.63) is 24.0 Å². The predicted molar refractivity (Wildman–Crippen MR) is 59.3 cm³/mol. The number of rotatable bonds is 4. The lowest BCUT2D eigenvalue weighted by atomic mass is 10.3. The van der Waals surface area contributed by atoms with Crippen LogP contribution in [0.3, 0.4) is 0 Å². The van der Waals surface area contributed by atoms with Crippen LogP contribution in [0, 0.1) is 5.82 Å². The first-order chi connectivity index (χ1) is 7.36. The molecule has 0 saturated heterocycles. The summed E-state index contributed by atoms with van der Waals surface area (Å²) in [5, 5.41) is 0. The molecule has 1 unspecified atom stereocenters. The van der Waals surface area contributed by atoms with Crippen molar-refractivity contribution in [3.63, 3.8) is 0 Å². The van der Waals surface area contributed by atoms with Crippen molar-refractivity contribution in [2.45, 2.75) is 17.9 Å². The molecule has 1 aromatic rings. The van der Waals surface area contributed by atoms with Crippen molar-refractivity contribution in [1.29, 1.82) is 0 Å². The molecule has 0 aliphatic heterocycles. The maximum Gasteiger partial charge on any atom is 0.183 e. The Morgan fingerprint density at radius 3 is 2.69 bits per heavy atom. The molecule has 0 saturated carbocycles. The molecular weight excluding hydrogens is 233 g/mol. The minimum Gasteiger partial charge on any atom is -0.398 e. The molecule has 16 heavy (non-hydrogen) atoms. The third-order valence-corrected chi connectivity index (χ3v) is 4.10. The summed E-state index contributed by atoms with van der Waals surface area (Å²) in [4.78, 5) is -0.184. The summed E-state index contributed by atoms with van der Waals surface area (Å²) in [6, 6.07) is 3.28. The molecule has 0 aliphatic rings. The number of nitrogens with two attached hydrogens (primary N) is 1. The highest BCUT2D eigenvalue weighted by molar-refractivity contribution is 7.91. The molecule has 0 radical (unpaired) electrons. The minimum atomic E-state index is -3.61. The lowest BCUT2D eigenvalue weighted by Gasteiger charge is -2.11. The Morgan fingerprint density at radius 2 is 2.12 bits per heavy atom. The fourth-order valence-corrected chi connectivity index (χ4v) is 2.90. The first-order valence-electron chi connectivity index (χ1n) is 4.67. The van der Waals surface area contributed by atoms with Gasteiger partial charge < -0.3 is 10.5 Å². The van der Waals surface area contributed by atoms with Crippen LogP contribution in [0.4, 0.5) is 10.1 Å². The van der Waals surface area contributed by atoms with E-state index in [0.717, 1.165) is 12.1 Å². The fourth-order valence-electron chi connectivity index (χ4n) is 1.24. The van der Waals surface area contributed by atoms with Gasteiger partial charge in [0.25, 0.3) is 0 Å². The standard InChI is InChI=1S/C10H14FNO3S/c1-7(15-2)6-16(13,14)10-5-8(11)3-4-9(10)12/h3-5,7H,6,12H2,1-2H3. The van der Waals surface area contributed by atoms with E-state index in [4.69, 9.17) is 10.5 Å². The van der Waals surface area contributed by atoms with Crippen molar-refractivity contribution in [2.75, 3.05) is 18.6 Å². The van der Waals surface area contributed by atoms with Crippen LogP contribution in [0.15, 0.2) is 23.1 Å². The van der Waals surface area contributed by atoms with Crippen LogP contribution in [0.1, 0.15) is 6.92 Å². The number of sulfone groups is 1. The molecule has 0 heterocycles. The van der Waals surface area contributed by atoms with E-state index in [2.05, 4.69) is 0 Å². The predicted octanol–water partition coefficient (Wildman–Crippen LogP) is 1.22. The average molecular weight is 247 g/mol. The monoisotopic (exact) mass is 247 g/mol. The maximum absolute atomic E-state index is 12.9. The van der Waals surface area contributed by atoms with Crippen LogP contribution in [-0.4, -0.2) is 27.4 Å². The zero-order chi connectivity index (χ0) is 12.3. The Balaban J connectivity index is 3.12. The summed E-state index contributed by atoms with van der Waals surface area (Å²) in [7, 11) is -2.20. The molecule has 1 atom stereocenters. The summed E-state index contributed by atoms with van der Waals surface area (Å²) in [5.41, 5.74) is 5.55. The van der Waals surface area contributed by atoms with Crippen LogP contribution in [0.25, 0.3) is 0 Å². The van der Waals surface area contributed by atoms with Crippen molar-refractivity contribution in [3.8, 4) is 0 Å². The highest BCUT2D eigenvalue weighted by atomic mass is 32.2. The van der Waals surface area contributed by atoms with E-state index in [1.165, 1.54) is 13.2 Å². The number of halogens is 1. The number of anilines is 1. The van der Waals surface area contributed by atoms with Crippen molar-refractivity contribution in [1.82, 2.24) is 0 Å². The number of methoxy groups -OCH3 is 1. The Bertz CT molecular complexity index is 473. The molecule has 1 rings (SSSR count). The van der Waals surface area contributed by atoms with Crippen molar-refractivity contribution < 1.29 is 17.5 Å². The van der Waals surface area contributed by atoms with Gasteiger partial charge in [-0.2, -0.15) is 0 Å². The SMILES string of the molecule is COC(C)CS(=O)(=O)c1cc(F)ccc1N. The van der Waals surface area contributed by atoms with E-state index in [1.807, 2.05) is 0 Å². The molecule has 0 aromatic heterocycles. The summed E-state index contributed by atoms with van der Waals surface area (Å²) in [6.45, 7) is 1.62. The van der Waals surface area contributed by atoms with Gasteiger partial charge in [0, 0.05) is 7.11 Å². The highest BCUT2D eigenvalue weighted by Gasteiger charge is 2.21. The van der Waals surface area contributed by atoms with Gasteiger partial charge in [-0.1, -0.05) is 0 Å². The van der Waals surface area contributed by atoms with Gasteiger partial charge in [-0.05, 0) is 25.1 Å². The van der Waals surface area contributed by atoms with Crippen LogP contribution < -0.4 is 5.73 Å². The van der Waals surface area contributed by atoms with Gasteiger partial charge in [0.2, 0.25) is 0 Å². The molecule has 90 valence electrons. The first-order valence-corrected chi connectivity index (χ1v) is 6.32. The van der Waals surface area contributed by atoms with Gasteiger partial charge >= 0.3 is 0 Å². The number of hydrogen-bond donors (Lipinski definition) is 1. The maximum atomic E-state index is 12.9. The van der Waals surface area contributed by atoms with Gasteiger partial charge in [-0.15, -0.1) is 0 Å². The summed E-state index contributed by atoms with van der Waals surface area (Å²) >= 11 is 0. The Hall–Kier alpha value is -1.14. The zero-order valence-electron chi connectivity index (χ0n) is 9.10. The number of ether oxygens (including phenoxy) is 1. The summed E-state index contributed by atoms with van der Waals surface area (Å²) in [5.74, 6) is -0.852. The first kappa shape index (κ1) is 12.9. The van der Waals surface area contributed by atoms with Crippen LogP contribution in [0.5, 0.6) is 0 Å². The normalized spacial score (nSPS) is 13.7. The Labute approximate surface area is 94.1 Å².